The van der Waals surface area contributed by atoms with Crippen molar-refractivity contribution in [3.05, 3.63) is 90.0 Å². The summed E-state index contributed by atoms with van der Waals surface area (Å²) in [5.41, 5.74) is 6.80. The first-order valence-corrected chi connectivity index (χ1v) is 11.1. The number of nitrogens with zero attached hydrogens (tertiary/aromatic N) is 1. The zero-order valence-corrected chi connectivity index (χ0v) is 18.2. The van der Waals surface area contributed by atoms with E-state index >= 15 is 0 Å². The molecule has 0 bridgehead atoms. The molecule has 3 N–H and O–H groups in total. The second-order valence-corrected chi connectivity index (χ2v) is 9.04. The van der Waals surface area contributed by atoms with Crippen LogP contribution in [0.25, 0.3) is 0 Å². The average Bonchev–Trinajstić information content (AvgIpc) is 2.79. The monoisotopic (exact) mass is 453 g/mol. The van der Waals surface area contributed by atoms with E-state index in [4.69, 9.17) is 10.5 Å². The number of primary amides is 1. The lowest BCUT2D eigenvalue weighted by Gasteiger charge is -2.17. The predicted molar refractivity (Wildman–Crippen MR) is 121 cm³/mol. The third kappa shape index (κ3) is 5.93. The Labute approximate surface area is 186 Å². The number of ether oxygens (including phenoxy) is 1. The summed E-state index contributed by atoms with van der Waals surface area (Å²) in [5.74, 6) is -0.699. The normalized spacial score (nSPS) is 11.2. The van der Waals surface area contributed by atoms with Gasteiger partial charge in [-0.1, -0.05) is 36.4 Å². The van der Waals surface area contributed by atoms with Crippen molar-refractivity contribution in [2.45, 2.75) is 11.4 Å². The van der Waals surface area contributed by atoms with Crippen molar-refractivity contribution in [3.63, 3.8) is 0 Å². The molecule has 3 aromatic carbocycles. The van der Waals surface area contributed by atoms with Crippen LogP contribution < -0.4 is 15.8 Å². The highest BCUT2D eigenvalue weighted by Crippen LogP contribution is 2.19. The first kappa shape index (κ1) is 23.0. The van der Waals surface area contributed by atoms with E-state index in [-0.39, 0.29) is 23.6 Å². The fourth-order valence-electron chi connectivity index (χ4n) is 2.90. The number of amides is 2. The highest BCUT2D eigenvalue weighted by Gasteiger charge is 2.21. The van der Waals surface area contributed by atoms with Gasteiger partial charge in [-0.15, -0.1) is 0 Å². The molecule has 3 aromatic rings. The molecule has 166 valence electrons. The first-order valence-electron chi connectivity index (χ1n) is 9.68. The van der Waals surface area contributed by atoms with E-state index in [2.05, 4.69) is 5.32 Å². The summed E-state index contributed by atoms with van der Waals surface area (Å²) in [7, 11) is -2.17. The molecule has 3 rings (SSSR count). The zero-order valence-electron chi connectivity index (χ0n) is 17.4. The maximum Gasteiger partial charge on any atom is 0.262 e. The van der Waals surface area contributed by atoms with Crippen molar-refractivity contribution in [1.29, 1.82) is 0 Å². The molecule has 9 heteroatoms. The van der Waals surface area contributed by atoms with Crippen LogP contribution in [0.15, 0.2) is 83.8 Å². The molecule has 8 nitrogen and oxygen atoms in total. The largest absolute Gasteiger partial charge is 0.484 e. The molecule has 0 saturated carbocycles. The average molecular weight is 454 g/mol. The zero-order chi connectivity index (χ0) is 23.1. The lowest BCUT2D eigenvalue weighted by molar-refractivity contribution is -0.118. The second-order valence-electron chi connectivity index (χ2n) is 7.00. The van der Waals surface area contributed by atoms with Crippen LogP contribution in [-0.4, -0.2) is 38.2 Å². The number of nitrogens with one attached hydrogen (secondary N) is 1. The predicted octanol–water partition coefficient (Wildman–Crippen LogP) is 2.62. The Balaban J connectivity index is 1.58. The molecule has 0 aliphatic heterocycles. The highest BCUT2D eigenvalue weighted by molar-refractivity contribution is 7.89. The second kappa shape index (κ2) is 10.1. The van der Waals surface area contributed by atoms with Crippen LogP contribution in [0.4, 0.5) is 5.69 Å². The van der Waals surface area contributed by atoms with Crippen molar-refractivity contribution in [1.82, 2.24) is 4.31 Å². The van der Waals surface area contributed by atoms with Crippen LogP contribution in [0.5, 0.6) is 5.75 Å². The number of hydrogen-bond donors (Lipinski definition) is 2. The van der Waals surface area contributed by atoms with Crippen LogP contribution in [0, 0.1) is 0 Å². The summed E-state index contributed by atoms with van der Waals surface area (Å²) in [5, 5.41) is 2.63. The number of sulfonamides is 1. The number of anilines is 1. The summed E-state index contributed by atoms with van der Waals surface area (Å²) < 4.78 is 32.2. The number of nitrogens with two attached hydrogens (primary N) is 1. The minimum Gasteiger partial charge on any atom is -0.484 e. The molecule has 0 aliphatic carbocycles. The maximum absolute atomic E-state index is 12.8. The van der Waals surface area contributed by atoms with E-state index < -0.39 is 21.8 Å². The molecule has 0 radical (unpaired) electrons. The Morgan fingerprint density at radius 2 is 1.66 bits per heavy atom. The van der Waals surface area contributed by atoms with Crippen molar-refractivity contribution in [2.24, 2.45) is 5.73 Å². The summed E-state index contributed by atoms with van der Waals surface area (Å²) >= 11 is 0. The molecule has 0 unspecified atom stereocenters. The van der Waals surface area contributed by atoms with E-state index in [1.807, 2.05) is 30.3 Å². The molecule has 32 heavy (non-hydrogen) atoms. The van der Waals surface area contributed by atoms with Gasteiger partial charge in [-0.2, -0.15) is 4.31 Å². The number of carbonyl (C=O) groups is 2. The Kier molecular flexibility index (Phi) is 7.24. The van der Waals surface area contributed by atoms with Crippen molar-refractivity contribution < 1.29 is 22.7 Å². The minimum absolute atomic E-state index is 0.119. The van der Waals surface area contributed by atoms with Gasteiger partial charge in [0, 0.05) is 24.8 Å². The Bertz CT molecular complexity index is 1200. The van der Waals surface area contributed by atoms with Gasteiger partial charge in [0.1, 0.15) is 5.75 Å². The fraction of sp³-hybridized carbons (Fsp3) is 0.130. The third-order valence-corrected chi connectivity index (χ3v) is 6.40. The van der Waals surface area contributed by atoms with Gasteiger partial charge in [-0.3, -0.25) is 9.59 Å². The van der Waals surface area contributed by atoms with Crippen molar-refractivity contribution in [3.8, 4) is 5.75 Å². The molecule has 0 saturated heterocycles. The fourth-order valence-corrected chi connectivity index (χ4v) is 4.06. The smallest absolute Gasteiger partial charge is 0.262 e. The molecule has 0 fully saturated rings. The van der Waals surface area contributed by atoms with Gasteiger partial charge in [0.05, 0.1) is 4.90 Å². The molecule has 0 atom stereocenters. The molecule has 0 heterocycles. The number of rotatable bonds is 9. The summed E-state index contributed by atoms with van der Waals surface area (Å²) in [6, 6.07) is 21.4. The van der Waals surface area contributed by atoms with E-state index in [1.54, 1.807) is 18.2 Å². The molecule has 0 aliphatic rings. The van der Waals surface area contributed by atoms with Crippen molar-refractivity contribution in [2.75, 3.05) is 19.0 Å². The Morgan fingerprint density at radius 1 is 0.969 bits per heavy atom. The van der Waals surface area contributed by atoms with E-state index in [0.717, 1.165) is 5.56 Å². The quantitative estimate of drug-likeness (QED) is 0.516. The van der Waals surface area contributed by atoms with Gasteiger partial charge < -0.3 is 15.8 Å². The number of benzene rings is 3. The van der Waals surface area contributed by atoms with E-state index in [0.29, 0.717) is 11.4 Å². The maximum atomic E-state index is 12.8. The summed E-state index contributed by atoms with van der Waals surface area (Å²) in [6.07, 6.45) is 0. The summed E-state index contributed by atoms with van der Waals surface area (Å²) in [6.45, 7) is -0.0436. The molecular formula is C23H23N3O5S. The summed E-state index contributed by atoms with van der Waals surface area (Å²) in [4.78, 5) is 23.5. The van der Waals surface area contributed by atoms with Gasteiger partial charge in [-0.05, 0) is 48.0 Å². The minimum atomic E-state index is -3.68. The Hall–Kier alpha value is -3.69. The topological polar surface area (TPSA) is 119 Å². The Morgan fingerprint density at radius 3 is 2.31 bits per heavy atom. The molecule has 0 spiro atoms. The number of hydrogen-bond acceptors (Lipinski definition) is 5. The standard InChI is InChI=1S/C23H23N3O5S/c1-26(15-17-6-3-2-4-7-17)32(29,30)21-12-10-19(11-13-21)25-22(27)16-31-20-9-5-8-18(14-20)23(24)28/h2-14H,15-16H2,1H3,(H2,24,28)(H,25,27). The van der Waals surface area contributed by atoms with Gasteiger partial charge in [0.25, 0.3) is 5.91 Å². The number of carbonyl (C=O) groups excluding carboxylic acids is 2. The SMILES string of the molecule is CN(Cc1ccccc1)S(=O)(=O)c1ccc(NC(=O)COc2cccc(C(N)=O)c2)cc1. The lowest BCUT2D eigenvalue weighted by atomic mass is 10.2. The van der Waals surface area contributed by atoms with Gasteiger partial charge in [0.2, 0.25) is 15.9 Å². The third-order valence-electron chi connectivity index (χ3n) is 4.58. The lowest BCUT2D eigenvalue weighted by Crippen LogP contribution is -2.26. The molecular weight excluding hydrogens is 430 g/mol. The van der Waals surface area contributed by atoms with Crippen LogP contribution in [0.2, 0.25) is 0 Å². The first-order chi connectivity index (χ1) is 15.3. The van der Waals surface area contributed by atoms with Crippen LogP contribution in [-0.2, 0) is 21.4 Å². The highest BCUT2D eigenvalue weighted by atomic mass is 32.2. The van der Waals surface area contributed by atoms with Gasteiger partial charge in [-0.25, -0.2) is 8.42 Å². The van der Waals surface area contributed by atoms with Crippen LogP contribution >= 0.6 is 0 Å². The van der Waals surface area contributed by atoms with E-state index in [1.165, 1.54) is 41.7 Å². The van der Waals surface area contributed by atoms with E-state index in [9.17, 15) is 18.0 Å². The van der Waals surface area contributed by atoms with Crippen molar-refractivity contribution >= 4 is 27.5 Å². The van der Waals surface area contributed by atoms with Gasteiger partial charge >= 0.3 is 0 Å². The molecule has 2 amide bonds. The molecule has 0 aromatic heterocycles. The van der Waals surface area contributed by atoms with Gasteiger partial charge in [0.15, 0.2) is 6.61 Å². The van der Waals surface area contributed by atoms with Crippen LogP contribution in [0.3, 0.4) is 0 Å². The van der Waals surface area contributed by atoms with Crippen LogP contribution in [0.1, 0.15) is 15.9 Å².